The summed E-state index contributed by atoms with van der Waals surface area (Å²) in [6.07, 6.45) is 3.67. The van der Waals surface area contributed by atoms with Gasteiger partial charge in [0.25, 0.3) is 0 Å². The highest BCUT2D eigenvalue weighted by Gasteiger charge is 2.15. The average Bonchev–Trinajstić information content (AvgIpc) is 2.61. The molecule has 1 aliphatic rings. The quantitative estimate of drug-likeness (QED) is 0.919. The molecule has 1 aromatic heterocycles. The van der Waals surface area contributed by atoms with Crippen molar-refractivity contribution < 1.29 is 0 Å². The van der Waals surface area contributed by atoms with Crippen molar-refractivity contribution in [1.82, 2.24) is 9.88 Å². The summed E-state index contributed by atoms with van der Waals surface area (Å²) < 4.78 is 0. The van der Waals surface area contributed by atoms with Gasteiger partial charge >= 0.3 is 0 Å². The van der Waals surface area contributed by atoms with Gasteiger partial charge in [-0.05, 0) is 42.4 Å². The molecule has 0 aliphatic carbocycles. The molecule has 4 heteroatoms. The number of pyridine rings is 1. The first kappa shape index (κ1) is 14.9. The average molecular weight is 296 g/mol. The van der Waals surface area contributed by atoms with E-state index < -0.39 is 0 Å². The second kappa shape index (κ2) is 7.27. The molecule has 1 saturated heterocycles. The Labute approximate surface area is 132 Å². The van der Waals surface area contributed by atoms with E-state index in [1.54, 1.807) is 0 Å². The van der Waals surface area contributed by atoms with Gasteiger partial charge in [-0.3, -0.25) is 4.98 Å². The van der Waals surface area contributed by atoms with E-state index in [0.29, 0.717) is 0 Å². The Morgan fingerprint density at radius 3 is 2.55 bits per heavy atom. The molecular weight excluding hydrogens is 272 g/mol. The third-order valence-corrected chi connectivity index (χ3v) is 4.28. The lowest BCUT2D eigenvalue weighted by Gasteiger charge is -2.35. The van der Waals surface area contributed by atoms with Gasteiger partial charge in [-0.2, -0.15) is 0 Å². The summed E-state index contributed by atoms with van der Waals surface area (Å²) in [4.78, 5) is 9.03. The molecule has 0 atom stereocenters. The predicted molar refractivity (Wildman–Crippen MR) is 92.3 cm³/mol. The van der Waals surface area contributed by atoms with E-state index >= 15 is 0 Å². The van der Waals surface area contributed by atoms with Gasteiger partial charge in [0.15, 0.2) is 0 Å². The first-order valence-corrected chi connectivity index (χ1v) is 8.05. The van der Waals surface area contributed by atoms with Gasteiger partial charge in [-0.1, -0.05) is 13.0 Å². The van der Waals surface area contributed by atoms with E-state index in [1.165, 1.54) is 16.9 Å². The molecule has 1 aliphatic heterocycles. The van der Waals surface area contributed by atoms with Crippen molar-refractivity contribution in [1.29, 1.82) is 0 Å². The first-order valence-electron chi connectivity index (χ1n) is 8.05. The normalized spacial score (nSPS) is 15.8. The lowest BCUT2D eigenvalue weighted by atomic mass is 10.2. The number of benzene rings is 1. The van der Waals surface area contributed by atoms with E-state index in [9.17, 15) is 0 Å². The van der Waals surface area contributed by atoms with E-state index in [-0.39, 0.29) is 0 Å². The Kier molecular flexibility index (Phi) is 4.91. The molecule has 0 unspecified atom stereocenters. The van der Waals surface area contributed by atoms with Crippen LogP contribution in [-0.4, -0.2) is 42.6 Å². The summed E-state index contributed by atoms with van der Waals surface area (Å²) in [5.74, 6) is 0. The van der Waals surface area contributed by atoms with Crippen molar-refractivity contribution in [3.05, 3.63) is 54.4 Å². The minimum absolute atomic E-state index is 0.829. The van der Waals surface area contributed by atoms with Crippen LogP contribution in [0.25, 0.3) is 0 Å². The highest BCUT2D eigenvalue weighted by molar-refractivity contribution is 5.58. The van der Waals surface area contributed by atoms with Crippen molar-refractivity contribution in [2.45, 2.75) is 13.5 Å². The zero-order valence-electron chi connectivity index (χ0n) is 13.2. The highest BCUT2D eigenvalue weighted by Crippen LogP contribution is 2.21. The van der Waals surface area contributed by atoms with Gasteiger partial charge in [0.05, 0.1) is 0 Å². The zero-order valence-corrected chi connectivity index (χ0v) is 13.2. The van der Waals surface area contributed by atoms with Gasteiger partial charge in [0, 0.05) is 56.5 Å². The summed E-state index contributed by atoms with van der Waals surface area (Å²) in [5, 5.41) is 3.50. The van der Waals surface area contributed by atoms with Crippen LogP contribution in [0.2, 0.25) is 0 Å². The number of likely N-dealkylation sites (N-methyl/N-ethyl adjacent to an activating group) is 1. The molecule has 0 spiro atoms. The molecule has 3 rings (SSSR count). The van der Waals surface area contributed by atoms with Crippen molar-refractivity contribution >= 4 is 11.4 Å². The van der Waals surface area contributed by atoms with Crippen LogP contribution in [-0.2, 0) is 6.54 Å². The molecule has 0 amide bonds. The third kappa shape index (κ3) is 3.77. The number of piperazine rings is 1. The van der Waals surface area contributed by atoms with Crippen LogP contribution in [0, 0.1) is 0 Å². The molecule has 1 N–H and O–H groups in total. The number of rotatable bonds is 5. The second-order valence-corrected chi connectivity index (χ2v) is 5.68. The zero-order chi connectivity index (χ0) is 15.2. The fourth-order valence-electron chi connectivity index (χ4n) is 2.84. The van der Waals surface area contributed by atoms with Gasteiger partial charge in [0.1, 0.15) is 0 Å². The maximum Gasteiger partial charge on any atom is 0.0401 e. The molecule has 116 valence electrons. The molecule has 1 aromatic carbocycles. The Morgan fingerprint density at radius 2 is 1.82 bits per heavy atom. The van der Waals surface area contributed by atoms with Gasteiger partial charge in [0.2, 0.25) is 0 Å². The Hall–Kier alpha value is -2.07. The monoisotopic (exact) mass is 296 g/mol. The molecule has 22 heavy (non-hydrogen) atoms. The van der Waals surface area contributed by atoms with Crippen LogP contribution in [0.15, 0.2) is 48.8 Å². The summed E-state index contributed by atoms with van der Waals surface area (Å²) in [5.41, 5.74) is 3.74. The van der Waals surface area contributed by atoms with Crippen LogP contribution in [0.1, 0.15) is 12.5 Å². The minimum Gasteiger partial charge on any atom is -0.381 e. The number of hydrogen-bond donors (Lipinski definition) is 1. The summed E-state index contributed by atoms with van der Waals surface area (Å²) >= 11 is 0. The fraction of sp³-hybridized carbons (Fsp3) is 0.389. The number of nitrogens with one attached hydrogen (secondary N) is 1. The molecule has 2 heterocycles. The molecule has 0 saturated carbocycles. The highest BCUT2D eigenvalue weighted by atomic mass is 15.3. The topological polar surface area (TPSA) is 31.4 Å². The van der Waals surface area contributed by atoms with Crippen molar-refractivity contribution in [3.8, 4) is 0 Å². The summed E-state index contributed by atoms with van der Waals surface area (Å²) in [7, 11) is 0. The molecule has 2 aromatic rings. The number of hydrogen-bond acceptors (Lipinski definition) is 4. The van der Waals surface area contributed by atoms with E-state index in [2.05, 4.69) is 51.3 Å². The largest absolute Gasteiger partial charge is 0.381 e. The second-order valence-electron chi connectivity index (χ2n) is 5.68. The smallest absolute Gasteiger partial charge is 0.0401 e. The first-order chi connectivity index (χ1) is 10.8. The fourth-order valence-corrected chi connectivity index (χ4v) is 2.84. The van der Waals surface area contributed by atoms with Crippen molar-refractivity contribution in [3.63, 3.8) is 0 Å². The van der Waals surface area contributed by atoms with Crippen LogP contribution in [0.5, 0.6) is 0 Å². The van der Waals surface area contributed by atoms with E-state index in [0.717, 1.165) is 39.3 Å². The van der Waals surface area contributed by atoms with Crippen molar-refractivity contribution in [2.75, 3.05) is 42.9 Å². The molecule has 1 fully saturated rings. The number of aromatic nitrogens is 1. The summed E-state index contributed by atoms with van der Waals surface area (Å²) in [6, 6.07) is 12.8. The van der Waals surface area contributed by atoms with Crippen LogP contribution < -0.4 is 10.2 Å². The Morgan fingerprint density at radius 1 is 1.05 bits per heavy atom. The van der Waals surface area contributed by atoms with Crippen LogP contribution in [0.4, 0.5) is 11.4 Å². The predicted octanol–water partition coefficient (Wildman–Crippen LogP) is 2.84. The Balaban J connectivity index is 1.60. The van der Waals surface area contributed by atoms with E-state index in [4.69, 9.17) is 0 Å². The summed E-state index contributed by atoms with van der Waals surface area (Å²) in [6.45, 7) is 8.76. The van der Waals surface area contributed by atoms with E-state index in [1.807, 2.05) is 24.5 Å². The van der Waals surface area contributed by atoms with Gasteiger partial charge in [-0.25, -0.2) is 0 Å². The minimum atomic E-state index is 0.829. The standard InChI is InChI=1S/C18H24N4/c1-2-21-10-12-22(13-11-21)18-5-3-4-17(14-18)20-15-16-6-8-19-9-7-16/h3-9,14,20H,2,10-13,15H2,1H3. The number of anilines is 2. The van der Waals surface area contributed by atoms with Gasteiger partial charge < -0.3 is 15.1 Å². The van der Waals surface area contributed by atoms with Crippen molar-refractivity contribution in [2.24, 2.45) is 0 Å². The molecule has 4 nitrogen and oxygen atoms in total. The lowest BCUT2D eigenvalue weighted by Crippen LogP contribution is -2.46. The Bertz CT molecular complexity index is 577. The number of nitrogens with zero attached hydrogens (tertiary/aromatic N) is 3. The van der Waals surface area contributed by atoms with Gasteiger partial charge in [-0.15, -0.1) is 0 Å². The molecule has 0 radical (unpaired) electrons. The molecule has 0 bridgehead atoms. The van der Waals surface area contributed by atoms with Crippen LogP contribution >= 0.6 is 0 Å². The third-order valence-electron chi connectivity index (χ3n) is 4.28. The van der Waals surface area contributed by atoms with Crippen LogP contribution in [0.3, 0.4) is 0 Å². The SMILES string of the molecule is CCN1CCN(c2cccc(NCc3ccncc3)c2)CC1. The maximum absolute atomic E-state index is 4.05. The lowest BCUT2D eigenvalue weighted by molar-refractivity contribution is 0.271. The maximum atomic E-state index is 4.05. The molecular formula is C18H24N4.